The lowest BCUT2D eigenvalue weighted by molar-refractivity contribution is 0.383. The highest BCUT2D eigenvalue weighted by Crippen LogP contribution is 2.11. The molecule has 98 valence electrons. The summed E-state index contributed by atoms with van der Waals surface area (Å²) >= 11 is 1.67. The van der Waals surface area contributed by atoms with E-state index in [1.807, 2.05) is 5.38 Å². The Morgan fingerprint density at radius 2 is 2.11 bits per heavy atom. The van der Waals surface area contributed by atoms with Gasteiger partial charge in [-0.15, -0.1) is 5.10 Å². The summed E-state index contributed by atoms with van der Waals surface area (Å²) in [5.74, 6) is 0.595. The quantitative estimate of drug-likeness (QED) is 0.871. The molecule has 0 aliphatic carbocycles. The van der Waals surface area contributed by atoms with Gasteiger partial charge in [-0.05, 0) is 43.2 Å². The van der Waals surface area contributed by atoms with Gasteiger partial charge in [-0.1, -0.05) is 5.10 Å². The predicted molar refractivity (Wildman–Crippen MR) is 72.5 cm³/mol. The van der Waals surface area contributed by atoms with Gasteiger partial charge in [0.25, 0.3) is 0 Å². The van der Waals surface area contributed by atoms with Gasteiger partial charge in [0.15, 0.2) is 0 Å². The molecule has 0 fully saturated rings. The third-order valence-corrected chi connectivity index (χ3v) is 2.99. The molecule has 2 N–H and O–H groups in total. The van der Waals surface area contributed by atoms with E-state index in [2.05, 4.69) is 53.0 Å². The fourth-order valence-electron chi connectivity index (χ4n) is 1.31. The number of hydrogen-bond donors (Lipinski definition) is 2. The lowest BCUT2D eigenvalue weighted by Crippen LogP contribution is -2.35. The molecule has 0 saturated carbocycles. The number of nitrogens with zero attached hydrogens (tertiary/aromatic N) is 2. The molecule has 0 aliphatic heterocycles. The number of thiophene rings is 1. The molecule has 2 heterocycles. The Bertz CT molecular complexity index is 472. The van der Waals surface area contributed by atoms with Crippen LogP contribution in [0.1, 0.15) is 32.2 Å². The van der Waals surface area contributed by atoms with Gasteiger partial charge < -0.3 is 15.1 Å². The molecule has 5 nitrogen and oxygen atoms in total. The number of nitrogens with one attached hydrogen (secondary N) is 2. The van der Waals surface area contributed by atoms with Crippen LogP contribution in [0.15, 0.2) is 21.2 Å². The Balaban J connectivity index is 1.82. The van der Waals surface area contributed by atoms with Crippen molar-refractivity contribution < 1.29 is 4.42 Å². The molecular formula is C12H18N4OS. The molecule has 2 aromatic heterocycles. The summed E-state index contributed by atoms with van der Waals surface area (Å²) in [5, 5.41) is 18.5. The van der Waals surface area contributed by atoms with Gasteiger partial charge in [-0.2, -0.15) is 11.3 Å². The molecule has 18 heavy (non-hydrogen) atoms. The maximum atomic E-state index is 5.48. The van der Waals surface area contributed by atoms with Crippen LogP contribution in [-0.2, 0) is 13.1 Å². The second kappa shape index (κ2) is 5.49. The van der Waals surface area contributed by atoms with E-state index in [4.69, 9.17) is 4.42 Å². The first kappa shape index (κ1) is 13.0. The average molecular weight is 266 g/mol. The van der Waals surface area contributed by atoms with Crippen molar-refractivity contribution in [3.05, 3.63) is 28.3 Å². The summed E-state index contributed by atoms with van der Waals surface area (Å²) in [6.07, 6.45) is 0. The highest BCUT2D eigenvalue weighted by atomic mass is 32.1. The molecule has 0 spiro atoms. The van der Waals surface area contributed by atoms with E-state index in [0.717, 1.165) is 0 Å². The fraction of sp³-hybridized carbons (Fsp3) is 0.500. The van der Waals surface area contributed by atoms with E-state index in [9.17, 15) is 0 Å². The highest BCUT2D eigenvalue weighted by molar-refractivity contribution is 7.07. The van der Waals surface area contributed by atoms with E-state index in [-0.39, 0.29) is 5.54 Å². The number of anilines is 1. The first-order valence-corrected chi connectivity index (χ1v) is 6.79. The Morgan fingerprint density at radius 3 is 2.78 bits per heavy atom. The molecular weight excluding hydrogens is 248 g/mol. The third kappa shape index (κ3) is 4.12. The average Bonchev–Trinajstić information content (AvgIpc) is 2.94. The summed E-state index contributed by atoms with van der Waals surface area (Å²) in [5.41, 5.74) is 1.26. The van der Waals surface area contributed by atoms with Crippen molar-refractivity contribution in [3.8, 4) is 0 Å². The number of aromatic nitrogens is 2. The van der Waals surface area contributed by atoms with Crippen molar-refractivity contribution in [1.82, 2.24) is 15.5 Å². The Labute approximate surface area is 111 Å². The summed E-state index contributed by atoms with van der Waals surface area (Å²) in [4.78, 5) is 0. The minimum atomic E-state index is 0.0404. The van der Waals surface area contributed by atoms with Crippen molar-refractivity contribution in [2.45, 2.75) is 39.4 Å². The monoisotopic (exact) mass is 266 g/mol. The number of rotatable bonds is 5. The predicted octanol–water partition coefficient (Wildman–Crippen LogP) is 2.63. The smallest absolute Gasteiger partial charge is 0.315 e. The van der Waals surface area contributed by atoms with Gasteiger partial charge in [-0.3, -0.25) is 0 Å². The van der Waals surface area contributed by atoms with E-state index >= 15 is 0 Å². The summed E-state index contributed by atoms with van der Waals surface area (Å²) in [7, 11) is 0. The van der Waals surface area contributed by atoms with Crippen LogP contribution in [0, 0.1) is 0 Å². The topological polar surface area (TPSA) is 63.0 Å². The molecule has 0 bridgehead atoms. The molecule has 0 unspecified atom stereocenters. The molecule has 0 amide bonds. The van der Waals surface area contributed by atoms with Crippen LogP contribution < -0.4 is 10.6 Å². The molecule has 0 radical (unpaired) electrons. The molecule has 6 heteroatoms. The van der Waals surface area contributed by atoms with Crippen molar-refractivity contribution in [1.29, 1.82) is 0 Å². The molecule has 0 saturated heterocycles. The van der Waals surface area contributed by atoms with Crippen LogP contribution in [0.3, 0.4) is 0 Å². The van der Waals surface area contributed by atoms with Gasteiger partial charge in [0.1, 0.15) is 0 Å². The van der Waals surface area contributed by atoms with Gasteiger partial charge in [0.05, 0.1) is 6.54 Å². The molecule has 0 aliphatic rings. The van der Waals surface area contributed by atoms with Crippen molar-refractivity contribution in [3.63, 3.8) is 0 Å². The Morgan fingerprint density at radius 1 is 1.28 bits per heavy atom. The van der Waals surface area contributed by atoms with Crippen molar-refractivity contribution in [2.24, 2.45) is 0 Å². The third-order valence-electron chi connectivity index (χ3n) is 2.26. The highest BCUT2D eigenvalue weighted by Gasteiger charge is 2.11. The summed E-state index contributed by atoms with van der Waals surface area (Å²) in [6, 6.07) is 2.53. The second-order valence-corrected chi connectivity index (χ2v) is 5.87. The van der Waals surface area contributed by atoms with Crippen LogP contribution in [0.2, 0.25) is 0 Å². The Kier molecular flexibility index (Phi) is 3.98. The minimum Gasteiger partial charge on any atom is -0.407 e. The standard InChI is InChI=1S/C12H18N4OS/c1-12(2,3)14-7-10-15-16-11(17-10)13-6-9-4-5-18-8-9/h4-5,8,14H,6-7H2,1-3H3,(H,13,16). The van der Waals surface area contributed by atoms with Crippen LogP contribution in [0.5, 0.6) is 0 Å². The molecule has 2 rings (SSSR count). The normalized spacial score (nSPS) is 11.7. The molecule has 2 aromatic rings. The first-order valence-electron chi connectivity index (χ1n) is 5.85. The SMILES string of the molecule is CC(C)(C)NCc1nnc(NCc2ccsc2)o1. The van der Waals surface area contributed by atoms with Gasteiger partial charge in [0, 0.05) is 12.1 Å². The van der Waals surface area contributed by atoms with Gasteiger partial charge >= 0.3 is 6.01 Å². The van der Waals surface area contributed by atoms with Gasteiger partial charge in [0.2, 0.25) is 5.89 Å². The van der Waals surface area contributed by atoms with Crippen LogP contribution >= 0.6 is 11.3 Å². The summed E-state index contributed by atoms with van der Waals surface area (Å²) < 4.78 is 5.48. The lowest BCUT2D eigenvalue weighted by Gasteiger charge is -2.18. The lowest BCUT2D eigenvalue weighted by atomic mass is 10.1. The second-order valence-electron chi connectivity index (χ2n) is 5.09. The first-order chi connectivity index (χ1) is 8.53. The zero-order valence-electron chi connectivity index (χ0n) is 10.9. The van der Waals surface area contributed by atoms with E-state index in [1.165, 1.54) is 5.56 Å². The van der Waals surface area contributed by atoms with Crippen LogP contribution in [-0.4, -0.2) is 15.7 Å². The van der Waals surface area contributed by atoms with E-state index < -0.39 is 0 Å². The largest absolute Gasteiger partial charge is 0.407 e. The van der Waals surface area contributed by atoms with Crippen molar-refractivity contribution >= 4 is 17.4 Å². The zero-order chi connectivity index (χ0) is 13.0. The minimum absolute atomic E-state index is 0.0404. The van der Waals surface area contributed by atoms with Gasteiger partial charge in [-0.25, -0.2) is 0 Å². The van der Waals surface area contributed by atoms with Crippen LogP contribution in [0.25, 0.3) is 0 Å². The maximum Gasteiger partial charge on any atom is 0.315 e. The fourth-order valence-corrected chi connectivity index (χ4v) is 1.98. The Hall–Kier alpha value is -1.40. The van der Waals surface area contributed by atoms with Crippen LogP contribution in [0.4, 0.5) is 6.01 Å². The zero-order valence-corrected chi connectivity index (χ0v) is 11.7. The summed E-state index contributed by atoms with van der Waals surface area (Å²) in [6.45, 7) is 7.58. The van der Waals surface area contributed by atoms with E-state index in [0.29, 0.717) is 25.0 Å². The van der Waals surface area contributed by atoms with Crippen molar-refractivity contribution in [2.75, 3.05) is 5.32 Å². The maximum absolute atomic E-state index is 5.48. The van der Waals surface area contributed by atoms with E-state index in [1.54, 1.807) is 11.3 Å². The number of hydrogen-bond acceptors (Lipinski definition) is 6. The molecule has 0 atom stereocenters. The molecule has 0 aromatic carbocycles.